The number of hydrogen-bond donors (Lipinski definition) is 1. The summed E-state index contributed by atoms with van der Waals surface area (Å²) in [6.45, 7) is 0.984. The molecule has 1 N–H and O–H groups in total. The van der Waals surface area contributed by atoms with Crippen molar-refractivity contribution >= 4 is 38.5 Å². The third-order valence-electron chi connectivity index (χ3n) is 6.77. The summed E-state index contributed by atoms with van der Waals surface area (Å²) in [6.07, 6.45) is 9.28. The number of ketones is 1. The number of fused-ring (bicyclic) bond motifs is 4. The van der Waals surface area contributed by atoms with Crippen molar-refractivity contribution in [2.24, 2.45) is 5.92 Å². The highest BCUT2D eigenvalue weighted by atomic mass is 79.9. The van der Waals surface area contributed by atoms with E-state index in [0.717, 1.165) is 47.9 Å². The van der Waals surface area contributed by atoms with E-state index in [2.05, 4.69) is 31.1 Å². The van der Waals surface area contributed by atoms with Gasteiger partial charge in [0.1, 0.15) is 17.7 Å². The number of furan rings is 1. The summed E-state index contributed by atoms with van der Waals surface area (Å²) in [5.41, 5.74) is 0.618. The van der Waals surface area contributed by atoms with Gasteiger partial charge >= 0.3 is 0 Å². The fourth-order valence-electron chi connectivity index (χ4n) is 5.26. The third kappa shape index (κ3) is 3.13. The fourth-order valence-corrected chi connectivity index (χ4v) is 5.79. The van der Waals surface area contributed by atoms with Crippen molar-refractivity contribution in [1.82, 2.24) is 9.88 Å². The third-order valence-corrected chi connectivity index (χ3v) is 7.58. The number of carbonyl (C=O) groups excluding carboxylic acids is 1. The lowest BCUT2D eigenvalue weighted by Gasteiger charge is -2.49. The van der Waals surface area contributed by atoms with E-state index in [9.17, 15) is 4.79 Å². The van der Waals surface area contributed by atoms with Crippen LogP contribution < -0.4 is 5.32 Å². The zero-order valence-corrected chi connectivity index (χ0v) is 17.2. The highest BCUT2D eigenvalue weighted by molar-refractivity contribution is 9.10. The monoisotopic (exact) mass is 442 g/mol. The number of hydrogen-bond acceptors (Lipinski definition) is 6. The minimum absolute atomic E-state index is 0.293. The summed E-state index contributed by atoms with van der Waals surface area (Å²) in [5.74, 6) is 1.89. The number of anilines is 1. The lowest BCUT2D eigenvalue weighted by Crippen LogP contribution is -2.57. The Kier molecular flexibility index (Phi) is 4.64. The quantitative estimate of drug-likeness (QED) is 0.765. The molecule has 4 aliphatic rings. The minimum Gasteiger partial charge on any atom is -0.444 e. The van der Waals surface area contributed by atoms with Gasteiger partial charge in [0, 0.05) is 48.5 Å². The smallest absolute Gasteiger partial charge is 0.204 e. The van der Waals surface area contributed by atoms with Crippen LogP contribution in [0.1, 0.15) is 50.7 Å². The Balaban J connectivity index is 1.23. The predicted octanol–water partition coefficient (Wildman–Crippen LogP) is 4.24. The molecular weight excluding hydrogens is 420 g/mol. The van der Waals surface area contributed by atoms with Crippen molar-refractivity contribution in [3.8, 4) is 6.07 Å². The maximum absolute atomic E-state index is 12.0. The van der Waals surface area contributed by atoms with Crippen LogP contribution in [0.15, 0.2) is 21.2 Å². The van der Waals surface area contributed by atoms with Crippen LogP contribution >= 0.6 is 15.9 Å². The molecule has 2 aliphatic heterocycles. The van der Waals surface area contributed by atoms with E-state index in [4.69, 9.17) is 9.68 Å². The number of halogens is 1. The van der Waals surface area contributed by atoms with Gasteiger partial charge in [0.05, 0.1) is 10.7 Å². The number of aromatic nitrogens is 1. The highest BCUT2D eigenvalue weighted by Crippen LogP contribution is 2.38. The van der Waals surface area contributed by atoms with E-state index < -0.39 is 0 Å². The lowest BCUT2D eigenvalue weighted by molar-refractivity contribution is -0.134. The Morgan fingerprint density at radius 2 is 2.00 bits per heavy atom. The van der Waals surface area contributed by atoms with Gasteiger partial charge in [-0.15, -0.1) is 0 Å². The van der Waals surface area contributed by atoms with Crippen LogP contribution in [0.2, 0.25) is 0 Å². The molecule has 2 aromatic heterocycles. The molecule has 0 spiro atoms. The number of piperidine rings is 2. The number of nitriles is 1. The summed E-state index contributed by atoms with van der Waals surface area (Å²) in [6, 6.07) is 5.27. The van der Waals surface area contributed by atoms with E-state index in [-0.39, 0.29) is 0 Å². The molecule has 28 heavy (non-hydrogen) atoms. The number of nitrogens with one attached hydrogen (secondary N) is 1. The maximum atomic E-state index is 12.0. The first-order valence-corrected chi connectivity index (χ1v) is 10.9. The Hall–Kier alpha value is -1.91. The molecule has 0 aromatic carbocycles. The van der Waals surface area contributed by atoms with E-state index >= 15 is 0 Å². The topological polar surface area (TPSA) is 82.2 Å². The summed E-state index contributed by atoms with van der Waals surface area (Å²) in [7, 11) is 0. The summed E-state index contributed by atoms with van der Waals surface area (Å²) >= 11 is 3.62. The molecule has 146 valence electrons. The average molecular weight is 443 g/mol. The van der Waals surface area contributed by atoms with Crippen molar-refractivity contribution in [3.63, 3.8) is 0 Å². The van der Waals surface area contributed by atoms with Gasteiger partial charge in [-0.1, -0.05) is 0 Å². The molecule has 2 aliphatic carbocycles. The van der Waals surface area contributed by atoms with Gasteiger partial charge < -0.3 is 9.73 Å². The van der Waals surface area contributed by atoms with E-state index in [1.165, 1.54) is 19.3 Å². The number of carbonyl (C=O) groups is 1. The standard InChI is InChI=1S/C21H23BrN4O2/c22-20-17-8-16(9-23)28-19(17)10-24-21(20)25-13-2-5-14(6-3-13)26-11-12-1-4-15(26)7-18(12)27/h8,10,12-15H,1-7,11H2,(H,24,25)/t12-,13?,14?,15-/m1/s1. The molecular formula is C21H23BrN4O2. The van der Waals surface area contributed by atoms with Crippen molar-refractivity contribution in [2.45, 2.75) is 63.1 Å². The molecule has 0 amide bonds. The summed E-state index contributed by atoms with van der Waals surface area (Å²) in [4.78, 5) is 19.1. The number of Topliss-reactive ketones (excluding diaryl/α,β-unsaturated/α-hetero) is 1. The Morgan fingerprint density at radius 1 is 1.21 bits per heavy atom. The molecule has 2 saturated carbocycles. The molecule has 4 heterocycles. The molecule has 7 heteroatoms. The molecule has 2 atom stereocenters. The normalized spacial score (nSPS) is 30.5. The maximum Gasteiger partial charge on any atom is 0.204 e. The van der Waals surface area contributed by atoms with Crippen molar-refractivity contribution < 1.29 is 9.21 Å². The van der Waals surface area contributed by atoms with E-state index in [1.807, 2.05) is 6.07 Å². The van der Waals surface area contributed by atoms with Gasteiger partial charge in [-0.2, -0.15) is 5.26 Å². The van der Waals surface area contributed by atoms with Crippen molar-refractivity contribution in [3.05, 3.63) is 22.5 Å². The van der Waals surface area contributed by atoms with Gasteiger partial charge in [-0.05, 0) is 54.5 Å². The van der Waals surface area contributed by atoms with Crippen LogP contribution in [-0.2, 0) is 4.79 Å². The first-order chi connectivity index (χ1) is 13.6. The van der Waals surface area contributed by atoms with Gasteiger partial charge in [0.25, 0.3) is 0 Å². The van der Waals surface area contributed by atoms with E-state index in [1.54, 1.807) is 12.3 Å². The average Bonchev–Trinajstić information content (AvgIpc) is 3.15. The van der Waals surface area contributed by atoms with Crippen molar-refractivity contribution in [1.29, 1.82) is 5.26 Å². The largest absolute Gasteiger partial charge is 0.444 e. The van der Waals surface area contributed by atoms with Crippen LogP contribution in [-0.4, -0.2) is 40.3 Å². The Morgan fingerprint density at radius 3 is 2.68 bits per heavy atom. The first kappa shape index (κ1) is 18.1. The first-order valence-electron chi connectivity index (χ1n) is 10.2. The Bertz CT molecular complexity index is 957. The number of rotatable bonds is 3. The van der Waals surface area contributed by atoms with Crippen LogP contribution in [0.4, 0.5) is 5.82 Å². The van der Waals surface area contributed by atoms with Crippen LogP contribution in [0.3, 0.4) is 0 Å². The number of nitrogens with zero attached hydrogens (tertiary/aromatic N) is 3. The van der Waals surface area contributed by atoms with Crippen LogP contribution in [0.5, 0.6) is 0 Å². The molecule has 6 rings (SSSR count). The second-order valence-corrected chi connectivity index (χ2v) is 9.16. The SMILES string of the molecule is N#Cc1cc2c(Br)c(NC3CCC(N4C[C@H]5CC[C@@H]4CC5=O)CC3)ncc2o1. The zero-order valence-electron chi connectivity index (χ0n) is 15.7. The predicted molar refractivity (Wildman–Crippen MR) is 109 cm³/mol. The molecule has 2 saturated heterocycles. The molecule has 0 radical (unpaired) electrons. The second kappa shape index (κ2) is 7.16. The van der Waals surface area contributed by atoms with Gasteiger partial charge in [0.15, 0.2) is 5.58 Å². The van der Waals surface area contributed by atoms with Gasteiger partial charge in [0.2, 0.25) is 5.76 Å². The van der Waals surface area contributed by atoms with Crippen LogP contribution in [0.25, 0.3) is 11.0 Å². The fraction of sp³-hybridized carbons (Fsp3) is 0.571. The molecule has 4 fully saturated rings. The van der Waals surface area contributed by atoms with Crippen molar-refractivity contribution in [2.75, 3.05) is 11.9 Å². The molecule has 2 bridgehead atoms. The Labute approximate surface area is 172 Å². The number of pyridine rings is 1. The van der Waals surface area contributed by atoms with Gasteiger partial charge in [-0.3, -0.25) is 9.69 Å². The van der Waals surface area contributed by atoms with Gasteiger partial charge in [-0.25, -0.2) is 4.98 Å². The molecule has 6 nitrogen and oxygen atoms in total. The summed E-state index contributed by atoms with van der Waals surface area (Å²) < 4.78 is 6.30. The minimum atomic E-state index is 0.293. The highest BCUT2D eigenvalue weighted by Gasteiger charge is 2.42. The lowest BCUT2D eigenvalue weighted by atomic mass is 9.76. The zero-order chi connectivity index (χ0) is 19.3. The molecule has 0 unspecified atom stereocenters. The summed E-state index contributed by atoms with van der Waals surface area (Å²) in [5, 5.41) is 13.5. The van der Waals surface area contributed by atoms with Crippen LogP contribution in [0, 0.1) is 17.2 Å². The second-order valence-electron chi connectivity index (χ2n) is 8.37. The molecule has 2 aromatic rings. The van der Waals surface area contributed by atoms with E-state index in [0.29, 0.717) is 41.2 Å².